The molecule has 14 nitrogen and oxygen atoms in total. The van der Waals surface area contributed by atoms with E-state index in [0.717, 1.165) is 220 Å². The Morgan fingerprint density at radius 1 is 0.290 bits per heavy atom. The van der Waals surface area contributed by atoms with E-state index in [9.17, 15) is 0 Å². The van der Waals surface area contributed by atoms with Crippen LogP contribution in [0, 0.1) is 35.5 Å². The standard InChI is InChI=1S/C92H120N8O6.Ni/c1-13-25-34-61(19-7)55-101-79-49-73-75(51-81(79)103-57-63(21-9)36-27-15-3)89-96-87(73)94-85-71-47-69-45-44-68(43-42-67-40-32-31-33-41-67)46-70(69)48-72(71)86(93-85)95-88-74-50-80(102-56-62(20-8)35-26-14-2)82(104-58-64(22-10)37-28-16-4)52-76(74)90(97-88)99-92-78-54-84(106-60-66(24-12)39-30-18-6)83(53-77(78)91(98-89)100-92)105-59-65(23-11)38-29-17-5;/h31-33,40-54,61-66H,13-30,34-39,55-60H2,1-12H3;/q-2;+2/b43-42+;. The summed E-state index contributed by atoms with van der Waals surface area (Å²) in [5.41, 5.74) is 6.92. The van der Waals surface area contributed by atoms with Gasteiger partial charge in [-0.05, 0) is 172 Å². The molecule has 0 aliphatic carbocycles. The number of fused-ring (bicyclic) bond motifs is 21. The van der Waals surface area contributed by atoms with E-state index in [0.29, 0.717) is 156 Å². The molecule has 107 heavy (non-hydrogen) atoms. The first-order valence-electron chi connectivity index (χ1n) is 41.3. The predicted molar refractivity (Wildman–Crippen MR) is 440 cm³/mol. The minimum absolute atomic E-state index is 0. The van der Waals surface area contributed by atoms with Crippen molar-refractivity contribution < 1.29 is 44.9 Å². The van der Waals surface area contributed by atoms with Crippen molar-refractivity contribution in [3.05, 3.63) is 108 Å². The van der Waals surface area contributed by atoms with Gasteiger partial charge in [0.15, 0.2) is 34.5 Å². The van der Waals surface area contributed by atoms with Gasteiger partial charge in [0.1, 0.15) is 0 Å². The fourth-order valence-electron chi connectivity index (χ4n) is 14.6. The molecule has 0 amide bonds. The zero-order valence-corrected chi connectivity index (χ0v) is 67.4. The minimum Gasteiger partial charge on any atom is -0.489 e. The maximum Gasteiger partial charge on any atom is 2.00 e. The number of nitrogens with zero attached hydrogens (tertiary/aromatic N) is 8. The minimum atomic E-state index is 0. The third-order valence-electron chi connectivity index (χ3n) is 22.2. The molecule has 6 atom stereocenters. The fraction of sp³-hybridized carbons (Fsp3) is 0.522. The maximum atomic E-state index is 7.06. The zero-order valence-electron chi connectivity index (χ0n) is 66.4. The second-order valence-corrected chi connectivity index (χ2v) is 30.1. The van der Waals surface area contributed by atoms with Crippen molar-refractivity contribution in [2.24, 2.45) is 35.5 Å². The summed E-state index contributed by atoms with van der Waals surface area (Å²) in [4.78, 5) is 44.6. The van der Waals surface area contributed by atoms with Gasteiger partial charge >= 0.3 is 16.5 Å². The second kappa shape index (κ2) is 41.0. The van der Waals surface area contributed by atoms with Crippen molar-refractivity contribution in [3.8, 4) is 80.0 Å². The predicted octanol–water partition coefficient (Wildman–Crippen LogP) is 25.0. The van der Waals surface area contributed by atoms with Crippen LogP contribution in [-0.4, -0.2) is 69.5 Å². The second-order valence-electron chi connectivity index (χ2n) is 30.1. The summed E-state index contributed by atoms with van der Waals surface area (Å²) in [6.07, 6.45) is 30.3. The molecule has 15 heteroatoms. The van der Waals surface area contributed by atoms with E-state index in [1.165, 1.54) is 0 Å². The van der Waals surface area contributed by atoms with Crippen molar-refractivity contribution in [1.82, 2.24) is 39.9 Å². The van der Waals surface area contributed by atoms with Crippen LogP contribution in [0.15, 0.2) is 97.1 Å². The van der Waals surface area contributed by atoms with Gasteiger partial charge in [-0.15, -0.1) is 0 Å². The molecule has 6 aromatic carbocycles. The first-order valence-corrected chi connectivity index (χ1v) is 41.3. The molecule has 3 aromatic heterocycles. The van der Waals surface area contributed by atoms with Crippen molar-refractivity contribution in [2.75, 3.05) is 39.6 Å². The Labute approximate surface area is 648 Å². The molecule has 2 aliphatic heterocycles. The number of hydrogen-bond acceptors (Lipinski definition) is 12. The molecule has 574 valence electrons. The molecule has 5 heterocycles. The molecular formula is C92H120N8NiO6. The average molecular weight is 1490 g/mol. The molecule has 0 N–H and O–H groups in total. The Balaban J connectivity index is 0.0000122. The van der Waals surface area contributed by atoms with Crippen LogP contribution >= 0.6 is 0 Å². The Kier molecular flexibility index (Phi) is 31.2. The molecule has 0 saturated heterocycles. The number of ether oxygens (including phenoxy) is 6. The van der Waals surface area contributed by atoms with Crippen LogP contribution in [0.5, 0.6) is 34.5 Å². The first kappa shape index (κ1) is 81.5. The smallest absolute Gasteiger partial charge is 0.489 e. The fourth-order valence-corrected chi connectivity index (χ4v) is 14.6. The third kappa shape index (κ3) is 20.9. The Bertz CT molecular complexity index is 4530. The summed E-state index contributed by atoms with van der Waals surface area (Å²) < 4.78 is 42.3. The SMILES string of the molecule is CCCCC(CC)COc1cc2c(cc1OCC(CC)CCCC)-c1nc-2nc2[n-]c(nc3nc(nc4[n-]c(n1)c1cc5ccc(/C=C/c6ccccc6)cc5cc41)-c1cc(OCC(CC)CCCC)c(OCC(CC)CCCC)cc1-3)c1cc(OCC(CC)CCCC)c(OCC(CC)CCCC)cc21.[Ni+2]. The van der Waals surface area contributed by atoms with Crippen molar-refractivity contribution >= 4 is 67.1 Å². The third-order valence-corrected chi connectivity index (χ3v) is 22.2. The summed E-state index contributed by atoms with van der Waals surface area (Å²) in [7, 11) is 0. The molecule has 0 saturated carbocycles. The molecule has 6 unspecified atom stereocenters. The van der Waals surface area contributed by atoms with Crippen LogP contribution < -0.4 is 38.4 Å². The van der Waals surface area contributed by atoms with Crippen LogP contribution in [-0.2, 0) is 16.5 Å². The maximum absolute atomic E-state index is 7.06. The number of hydrogen-bond donors (Lipinski definition) is 0. The molecule has 2 aliphatic rings. The van der Waals surface area contributed by atoms with Gasteiger partial charge < -0.3 is 58.3 Å². The van der Waals surface area contributed by atoms with Crippen LogP contribution in [0.4, 0.5) is 0 Å². The monoisotopic (exact) mass is 1490 g/mol. The molecule has 8 bridgehead atoms. The first-order chi connectivity index (χ1) is 51.9. The average Bonchev–Trinajstić information content (AvgIpc) is 1.60. The van der Waals surface area contributed by atoms with E-state index in [1.54, 1.807) is 0 Å². The number of benzene rings is 6. The molecule has 11 rings (SSSR count). The molecule has 9 aromatic rings. The van der Waals surface area contributed by atoms with Crippen molar-refractivity contribution in [1.29, 1.82) is 0 Å². The molecule has 0 radical (unpaired) electrons. The number of aromatic nitrogens is 8. The Morgan fingerprint density at radius 2 is 0.561 bits per heavy atom. The van der Waals surface area contributed by atoms with Gasteiger partial charge in [-0.3, -0.25) is 0 Å². The quantitative estimate of drug-likeness (QED) is 0.0262. The van der Waals surface area contributed by atoms with E-state index in [-0.39, 0.29) is 16.5 Å². The van der Waals surface area contributed by atoms with Crippen molar-refractivity contribution in [3.63, 3.8) is 0 Å². The Morgan fingerprint density at radius 3 is 0.850 bits per heavy atom. The van der Waals surface area contributed by atoms with Crippen LogP contribution in [0.2, 0.25) is 0 Å². The van der Waals surface area contributed by atoms with Gasteiger partial charge in [0.25, 0.3) is 0 Å². The van der Waals surface area contributed by atoms with Gasteiger partial charge in [0, 0.05) is 44.8 Å². The van der Waals surface area contributed by atoms with Gasteiger partial charge in [-0.25, -0.2) is 9.97 Å². The molecule has 0 fully saturated rings. The van der Waals surface area contributed by atoms with Crippen LogP contribution in [0.3, 0.4) is 0 Å². The van der Waals surface area contributed by atoms with E-state index in [1.807, 2.05) is 6.07 Å². The Hall–Kier alpha value is -8.03. The summed E-state index contributed by atoms with van der Waals surface area (Å²) in [6, 6.07) is 33.9. The van der Waals surface area contributed by atoms with Gasteiger partial charge in [-0.1, -0.05) is 253 Å². The normalized spacial score (nSPS) is 13.6. The van der Waals surface area contributed by atoms with Gasteiger partial charge in [0.2, 0.25) is 0 Å². The van der Waals surface area contributed by atoms with E-state index in [2.05, 4.69) is 186 Å². The zero-order chi connectivity index (χ0) is 74.3. The summed E-state index contributed by atoms with van der Waals surface area (Å²) >= 11 is 0. The van der Waals surface area contributed by atoms with Gasteiger partial charge in [0.05, 0.1) is 62.9 Å². The number of unbranched alkanes of at least 4 members (excludes halogenated alkanes) is 6. The van der Waals surface area contributed by atoms with Gasteiger partial charge in [-0.2, -0.15) is 0 Å². The molecular weight excluding hydrogens is 1370 g/mol. The van der Waals surface area contributed by atoms with E-state index >= 15 is 0 Å². The van der Waals surface area contributed by atoms with Crippen molar-refractivity contribution in [2.45, 2.75) is 237 Å². The van der Waals surface area contributed by atoms with Crippen LogP contribution in [0.1, 0.15) is 248 Å². The topological polar surface area (TPSA) is 161 Å². The molecule has 0 spiro atoms. The number of rotatable bonds is 44. The summed E-state index contributed by atoms with van der Waals surface area (Å²) in [5, 5.41) is 5.16. The summed E-state index contributed by atoms with van der Waals surface area (Å²) in [6.45, 7) is 30.4. The van der Waals surface area contributed by atoms with Crippen LogP contribution in [0.25, 0.3) is 113 Å². The van der Waals surface area contributed by atoms with E-state index in [4.69, 9.17) is 68.3 Å². The van der Waals surface area contributed by atoms with E-state index < -0.39 is 0 Å². The largest absolute Gasteiger partial charge is 2.00 e. The summed E-state index contributed by atoms with van der Waals surface area (Å²) in [5.74, 6) is 7.79.